The third-order valence-corrected chi connectivity index (χ3v) is 8.35. The average Bonchev–Trinajstić information content (AvgIpc) is 2.78. The van der Waals surface area contributed by atoms with E-state index in [-0.39, 0.29) is 42.5 Å². The van der Waals surface area contributed by atoms with Crippen LogP contribution in [-0.2, 0) is 24.3 Å². The van der Waals surface area contributed by atoms with Crippen LogP contribution in [0.2, 0.25) is 0 Å². The fourth-order valence-electron chi connectivity index (χ4n) is 4.26. The molecule has 1 amide bonds. The maximum atomic E-state index is 12.7. The van der Waals surface area contributed by atoms with Gasteiger partial charge in [-0.3, -0.25) is 9.59 Å². The van der Waals surface area contributed by atoms with Crippen molar-refractivity contribution in [3.8, 4) is 0 Å². The van der Waals surface area contributed by atoms with Gasteiger partial charge < -0.3 is 9.64 Å². The highest BCUT2D eigenvalue weighted by Crippen LogP contribution is 2.27. The van der Waals surface area contributed by atoms with Crippen molar-refractivity contribution >= 4 is 21.9 Å². The second kappa shape index (κ2) is 9.92. The standard InChI is InChI=1S/C22H32N2O5S/c1-17-8-10-19(11-9-17)23(2)21(25)16-29-22(26)18-12-14-24(15-13-18)30(27,28)20-6-4-3-5-7-20/h3-7,17-19H,8-16H2,1-2H3. The van der Waals surface area contributed by atoms with E-state index in [0.29, 0.717) is 18.8 Å². The van der Waals surface area contributed by atoms with Gasteiger partial charge >= 0.3 is 5.97 Å². The highest BCUT2D eigenvalue weighted by Gasteiger charge is 2.33. The monoisotopic (exact) mass is 436 g/mol. The number of ether oxygens (including phenoxy) is 1. The largest absolute Gasteiger partial charge is 0.455 e. The Morgan fingerprint density at radius 1 is 1.03 bits per heavy atom. The summed E-state index contributed by atoms with van der Waals surface area (Å²) < 4.78 is 32.1. The van der Waals surface area contributed by atoms with Crippen LogP contribution in [0.1, 0.15) is 45.4 Å². The van der Waals surface area contributed by atoms with E-state index in [9.17, 15) is 18.0 Å². The summed E-state index contributed by atoms with van der Waals surface area (Å²) in [5.74, 6) is -0.252. The van der Waals surface area contributed by atoms with E-state index in [1.165, 1.54) is 4.31 Å². The molecule has 1 aliphatic carbocycles. The van der Waals surface area contributed by atoms with Crippen LogP contribution in [-0.4, -0.2) is 62.3 Å². The lowest BCUT2D eigenvalue weighted by Crippen LogP contribution is -2.43. The number of amides is 1. The molecule has 1 heterocycles. The van der Waals surface area contributed by atoms with E-state index < -0.39 is 16.0 Å². The van der Waals surface area contributed by atoms with Crippen LogP contribution < -0.4 is 0 Å². The molecule has 0 bridgehead atoms. The summed E-state index contributed by atoms with van der Waals surface area (Å²) >= 11 is 0. The molecule has 1 saturated carbocycles. The highest BCUT2D eigenvalue weighted by molar-refractivity contribution is 7.89. The minimum absolute atomic E-state index is 0.174. The lowest BCUT2D eigenvalue weighted by atomic mass is 9.87. The first-order valence-corrected chi connectivity index (χ1v) is 12.2. The van der Waals surface area contributed by atoms with Crippen molar-refractivity contribution in [3.63, 3.8) is 0 Å². The third kappa shape index (κ3) is 5.40. The first kappa shape index (κ1) is 22.7. The number of carbonyl (C=O) groups excluding carboxylic acids is 2. The minimum atomic E-state index is -3.54. The van der Waals surface area contributed by atoms with Crippen LogP contribution in [0.25, 0.3) is 0 Å². The van der Waals surface area contributed by atoms with Crippen LogP contribution in [0.15, 0.2) is 35.2 Å². The van der Waals surface area contributed by atoms with Gasteiger partial charge in [0.2, 0.25) is 10.0 Å². The fraction of sp³-hybridized carbons (Fsp3) is 0.636. The lowest BCUT2D eigenvalue weighted by molar-refractivity contribution is -0.157. The van der Waals surface area contributed by atoms with E-state index in [1.54, 1.807) is 42.3 Å². The predicted octanol–water partition coefficient (Wildman–Crippen LogP) is 2.67. The zero-order valence-electron chi connectivity index (χ0n) is 17.8. The summed E-state index contributed by atoms with van der Waals surface area (Å²) in [5, 5.41) is 0. The summed E-state index contributed by atoms with van der Waals surface area (Å²) in [5.41, 5.74) is 0. The van der Waals surface area contributed by atoms with Crippen molar-refractivity contribution < 1.29 is 22.7 Å². The van der Waals surface area contributed by atoms with Crippen molar-refractivity contribution in [3.05, 3.63) is 30.3 Å². The van der Waals surface area contributed by atoms with Crippen LogP contribution in [0.5, 0.6) is 0 Å². The zero-order chi connectivity index (χ0) is 21.7. The number of likely N-dealkylation sites (N-methyl/N-ethyl adjacent to an activating group) is 1. The van der Waals surface area contributed by atoms with Gasteiger partial charge in [-0.05, 0) is 56.6 Å². The molecule has 1 aromatic rings. The number of piperidine rings is 1. The SMILES string of the molecule is CC1CCC(N(C)C(=O)COC(=O)C2CCN(S(=O)(=O)c3ccccc3)CC2)CC1. The second-order valence-corrected chi connectivity index (χ2v) is 10.5. The molecule has 0 spiro atoms. The van der Waals surface area contributed by atoms with Crippen LogP contribution in [0.3, 0.4) is 0 Å². The summed E-state index contributed by atoms with van der Waals surface area (Å²) in [4.78, 5) is 26.8. The smallest absolute Gasteiger partial charge is 0.309 e. The predicted molar refractivity (Wildman–Crippen MR) is 113 cm³/mol. The van der Waals surface area contributed by atoms with Crippen LogP contribution >= 0.6 is 0 Å². The Kier molecular flexibility index (Phi) is 7.52. The number of benzene rings is 1. The molecule has 0 radical (unpaired) electrons. The summed E-state index contributed by atoms with van der Waals surface area (Å²) in [6.45, 7) is 2.52. The van der Waals surface area contributed by atoms with Crippen LogP contribution in [0, 0.1) is 11.8 Å². The molecule has 3 rings (SSSR count). The van der Waals surface area contributed by atoms with Crippen molar-refractivity contribution in [2.75, 3.05) is 26.7 Å². The molecule has 8 heteroatoms. The molecule has 30 heavy (non-hydrogen) atoms. The van der Waals surface area contributed by atoms with Crippen molar-refractivity contribution in [1.82, 2.24) is 9.21 Å². The van der Waals surface area contributed by atoms with Gasteiger partial charge in [0.05, 0.1) is 10.8 Å². The molecule has 1 saturated heterocycles. The van der Waals surface area contributed by atoms with Crippen molar-refractivity contribution in [1.29, 1.82) is 0 Å². The van der Waals surface area contributed by atoms with Gasteiger partial charge in [-0.1, -0.05) is 25.1 Å². The van der Waals surface area contributed by atoms with Gasteiger partial charge in [0, 0.05) is 26.2 Å². The topological polar surface area (TPSA) is 84.0 Å². The van der Waals surface area contributed by atoms with Gasteiger partial charge in [-0.25, -0.2) is 8.42 Å². The minimum Gasteiger partial charge on any atom is -0.455 e. The Labute approximate surface area is 179 Å². The molecule has 1 aliphatic heterocycles. The molecule has 0 N–H and O–H groups in total. The molecule has 0 aromatic heterocycles. The number of hydrogen-bond acceptors (Lipinski definition) is 5. The van der Waals surface area contributed by atoms with Crippen molar-refractivity contribution in [2.45, 2.75) is 56.4 Å². The summed E-state index contributed by atoms with van der Waals surface area (Å²) in [6, 6.07) is 8.53. The molecule has 0 atom stereocenters. The van der Waals surface area contributed by atoms with Crippen molar-refractivity contribution in [2.24, 2.45) is 11.8 Å². The van der Waals surface area contributed by atoms with Gasteiger partial charge in [-0.15, -0.1) is 0 Å². The summed E-state index contributed by atoms with van der Waals surface area (Å²) in [7, 11) is -1.76. The Balaban J connectivity index is 1.45. The molecule has 7 nitrogen and oxygen atoms in total. The fourth-order valence-corrected chi connectivity index (χ4v) is 5.75. The number of carbonyl (C=O) groups is 2. The van der Waals surface area contributed by atoms with E-state index in [2.05, 4.69) is 6.92 Å². The normalized spacial score (nSPS) is 23.7. The molecule has 0 unspecified atom stereocenters. The molecule has 1 aromatic carbocycles. The van der Waals surface area contributed by atoms with E-state index in [1.807, 2.05) is 0 Å². The van der Waals surface area contributed by atoms with Gasteiger partial charge in [-0.2, -0.15) is 4.31 Å². The molecular weight excluding hydrogens is 404 g/mol. The highest BCUT2D eigenvalue weighted by atomic mass is 32.2. The average molecular weight is 437 g/mol. The second-order valence-electron chi connectivity index (χ2n) is 8.52. The summed E-state index contributed by atoms with van der Waals surface area (Å²) in [6.07, 6.45) is 5.02. The number of nitrogens with zero attached hydrogens (tertiary/aromatic N) is 2. The molecule has 166 valence electrons. The van der Waals surface area contributed by atoms with E-state index >= 15 is 0 Å². The number of hydrogen-bond donors (Lipinski definition) is 0. The Morgan fingerprint density at radius 2 is 1.63 bits per heavy atom. The first-order valence-electron chi connectivity index (χ1n) is 10.8. The molecule has 2 aliphatic rings. The Hall–Kier alpha value is -1.93. The Bertz CT molecular complexity index is 826. The van der Waals surface area contributed by atoms with Gasteiger partial charge in [0.25, 0.3) is 5.91 Å². The maximum Gasteiger partial charge on any atom is 0.309 e. The van der Waals surface area contributed by atoms with Gasteiger partial charge in [0.1, 0.15) is 0 Å². The van der Waals surface area contributed by atoms with E-state index in [0.717, 1.165) is 25.7 Å². The molecular formula is C22H32N2O5S. The zero-order valence-corrected chi connectivity index (χ0v) is 18.6. The number of sulfonamides is 1. The Morgan fingerprint density at radius 3 is 2.23 bits per heavy atom. The quantitative estimate of drug-likeness (QED) is 0.640. The lowest BCUT2D eigenvalue weighted by Gasteiger charge is -2.33. The van der Waals surface area contributed by atoms with Crippen LogP contribution in [0.4, 0.5) is 0 Å². The maximum absolute atomic E-state index is 12.7. The third-order valence-electron chi connectivity index (χ3n) is 6.43. The molecule has 2 fully saturated rings. The number of rotatable bonds is 6. The van der Waals surface area contributed by atoms with E-state index in [4.69, 9.17) is 4.74 Å². The number of esters is 1. The van der Waals surface area contributed by atoms with Gasteiger partial charge in [0.15, 0.2) is 6.61 Å². The first-order chi connectivity index (χ1) is 14.3.